The molecule has 1 aliphatic heterocycles. The minimum atomic E-state index is -0.191. The second kappa shape index (κ2) is 7.94. The molecule has 1 fully saturated rings. The van der Waals surface area contributed by atoms with Crippen molar-refractivity contribution in [2.75, 3.05) is 6.54 Å². The number of halogens is 2. The van der Waals surface area contributed by atoms with Crippen LogP contribution in [0.25, 0.3) is 5.69 Å². The van der Waals surface area contributed by atoms with Crippen LogP contribution in [0.15, 0.2) is 18.2 Å². The van der Waals surface area contributed by atoms with E-state index in [-0.39, 0.29) is 23.8 Å². The summed E-state index contributed by atoms with van der Waals surface area (Å²) >= 11 is 12.6. The van der Waals surface area contributed by atoms with Crippen LogP contribution in [0.4, 0.5) is 0 Å². The van der Waals surface area contributed by atoms with E-state index in [9.17, 15) is 4.79 Å². The first-order valence-corrected chi connectivity index (χ1v) is 9.66. The molecule has 0 aliphatic carbocycles. The Bertz CT molecular complexity index is 785. The van der Waals surface area contributed by atoms with Gasteiger partial charge in [-0.05, 0) is 38.3 Å². The molecule has 0 spiro atoms. The quantitative estimate of drug-likeness (QED) is 0.859. The minimum Gasteiger partial charge on any atom is -0.331 e. The molecule has 2 aromatic rings. The van der Waals surface area contributed by atoms with Crippen LogP contribution in [0, 0.1) is 0 Å². The number of carbonyl (C=O) groups is 1. The van der Waals surface area contributed by atoms with Gasteiger partial charge in [-0.1, -0.05) is 36.2 Å². The van der Waals surface area contributed by atoms with Crippen molar-refractivity contribution in [2.45, 2.75) is 51.6 Å². The maximum Gasteiger partial charge on any atom is 0.293 e. The highest BCUT2D eigenvalue weighted by Crippen LogP contribution is 2.29. The number of hydrogen-bond donors (Lipinski definition) is 1. The van der Waals surface area contributed by atoms with E-state index in [0.29, 0.717) is 34.5 Å². The maximum absolute atomic E-state index is 13.1. The standard InChI is InChI=1S/C18H23Cl2N5O/c1-3-15-22-17(18(26)24-10-5-4-9-14(24)11(2)21)23-25(15)16-12(19)7-6-8-13(16)20/h6-8,11,14H,3-5,9-10,21H2,1-2H3. The smallest absolute Gasteiger partial charge is 0.293 e. The Kier molecular flexibility index (Phi) is 5.85. The van der Waals surface area contributed by atoms with Crippen LogP contribution in [0.5, 0.6) is 0 Å². The number of aryl methyl sites for hydroxylation is 1. The SMILES string of the molecule is CCc1nc(C(=O)N2CCCCC2C(C)N)nn1-c1c(Cl)cccc1Cl. The Labute approximate surface area is 163 Å². The number of para-hydroxylation sites is 1. The van der Waals surface area contributed by atoms with Crippen molar-refractivity contribution in [1.29, 1.82) is 0 Å². The van der Waals surface area contributed by atoms with Crippen molar-refractivity contribution in [3.63, 3.8) is 0 Å². The van der Waals surface area contributed by atoms with Gasteiger partial charge in [0.1, 0.15) is 11.5 Å². The van der Waals surface area contributed by atoms with E-state index in [0.717, 1.165) is 19.3 Å². The molecule has 2 unspecified atom stereocenters. The lowest BCUT2D eigenvalue weighted by molar-refractivity contribution is 0.0571. The summed E-state index contributed by atoms with van der Waals surface area (Å²) in [4.78, 5) is 19.3. The number of amides is 1. The molecule has 2 heterocycles. The van der Waals surface area contributed by atoms with Gasteiger partial charge < -0.3 is 10.6 Å². The Morgan fingerprint density at radius 2 is 2.04 bits per heavy atom. The molecular weight excluding hydrogens is 373 g/mol. The first-order valence-electron chi connectivity index (χ1n) is 8.91. The van der Waals surface area contributed by atoms with Gasteiger partial charge in [0.15, 0.2) is 0 Å². The third-order valence-corrected chi connectivity index (χ3v) is 5.36. The molecule has 140 valence electrons. The maximum atomic E-state index is 13.1. The summed E-state index contributed by atoms with van der Waals surface area (Å²) in [6.45, 7) is 4.56. The van der Waals surface area contributed by atoms with Crippen molar-refractivity contribution in [3.05, 3.63) is 39.9 Å². The zero-order valence-corrected chi connectivity index (χ0v) is 16.5. The van der Waals surface area contributed by atoms with Gasteiger partial charge in [-0.25, -0.2) is 9.67 Å². The molecule has 1 aromatic carbocycles. The molecule has 2 atom stereocenters. The molecule has 3 rings (SSSR count). The zero-order chi connectivity index (χ0) is 18.8. The van der Waals surface area contributed by atoms with Gasteiger partial charge in [-0.3, -0.25) is 4.79 Å². The highest BCUT2D eigenvalue weighted by Gasteiger charge is 2.32. The topological polar surface area (TPSA) is 77.0 Å². The predicted octanol–water partition coefficient (Wildman–Crippen LogP) is 3.48. The summed E-state index contributed by atoms with van der Waals surface area (Å²) in [7, 11) is 0. The first kappa shape index (κ1) is 19.1. The number of nitrogens with zero attached hydrogens (tertiary/aromatic N) is 4. The number of carbonyl (C=O) groups excluding carboxylic acids is 1. The summed E-state index contributed by atoms with van der Waals surface area (Å²) in [6.07, 6.45) is 3.54. The van der Waals surface area contributed by atoms with Crippen molar-refractivity contribution in [3.8, 4) is 5.69 Å². The van der Waals surface area contributed by atoms with Crippen LogP contribution in [0.2, 0.25) is 10.0 Å². The summed E-state index contributed by atoms with van der Waals surface area (Å²) in [6, 6.07) is 5.16. The molecule has 0 radical (unpaired) electrons. The lowest BCUT2D eigenvalue weighted by Crippen LogP contribution is -2.51. The van der Waals surface area contributed by atoms with Crippen LogP contribution < -0.4 is 5.73 Å². The van der Waals surface area contributed by atoms with Crippen molar-refractivity contribution >= 4 is 29.1 Å². The number of piperidine rings is 1. The fourth-order valence-corrected chi connectivity index (χ4v) is 3.98. The highest BCUT2D eigenvalue weighted by atomic mass is 35.5. The number of rotatable bonds is 4. The molecule has 2 N–H and O–H groups in total. The van der Waals surface area contributed by atoms with Crippen molar-refractivity contribution in [1.82, 2.24) is 19.7 Å². The molecule has 1 aromatic heterocycles. The Morgan fingerprint density at radius 1 is 1.35 bits per heavy atom. The van der Waals surface area contributed by atoms with E-state index in [1.165, 1.54) is 0 Å². The summed E-state index contributed by atoms with van der Waals surface area (Å²) in [5.74, 6) is 0.603. The van der Waals surface area contributed by atoms with Crippen LogP contribution in [0.1, 0.15) is 49.6 Å². The van der Waals surface area contributed by atoms with Gasteiger partial charge in [-0.2, -0.15) is 0 Å². The molecule has 0 saturated carbocycles. The monoisotopic (exact) mass is 395 g/mol. The fraction of sp³-hybridized carbons (Fsp3) is 0.500. The number of likely N-dealkylation sites (tertiary alicyclic amines) is 1. The Balaban J connectivity index is 1.99. The Hall–Kier alpha value is -1.63. The van der Waals surface area contributed by atoms with E-state index in [2.05, 4.69) is 10.1 Å². The number of aromatic nitrogens is 3. The van der Waals surface area contributed by atoms with E-state index >= 15 is 0 Å². The highest BCUT2D eigenvalue weighted by molar-refractivity contribution is 6.37. The molecule has 8 heteroatoms. The number of benzene rings is 1. The van der Waals surface area contributed by atoms with Gasteiger partial charge in [0.2, 0.25) is 5.82 Å². The third kappa shape index (κ3) is 3.59. The molecule has 1 amide bonds. The molecule has 1 saturated heterocycles. The lowest BCUT2D eigenvalue weighted by atomic mass is 9.97. The fourth-order valence-electron chi connectivity index (χ4n) is 3.42. The molecule has 0 bridgehead atoms. The molecule has 1 aliphatic rings. The van der Waals surface area contributed by atoms with Gasteiger partial charge in [0.25, 0.3) is 5.91 Å². The average molecular weight is 396 g/mol. The zero-order valence-electron chi connectivity index (χ0n) is 15.0. The van der Waals surface area contributed by atoms with Crippen LogP contribution in [-0.4, -0.2) is 44.2 Å². The van der Waals surface area contributed by atoms with E-state index in [4.69, 9.17) is 28.9 Å². The average Bonchev–Trinajstić information content (AvgIpc) is 3.05. The van der Waals surface area contributed by atoms with Gasteiger partial charge >= 0.3 is 0 Å². The first-order chi connectivity index (χ1) is 12.4. The van der Waals surface area contributed by atoms with E-state index in [1.807, 2.05) is 18.7 Å². The van der Waals surface area contributed by atoms with Gasteiger partial charge in [-0.15, -0.1) is 5.10 Å². The van der Waals surface area contributed by atoms with Gasteiger partial charge in [0, 0.05) is 25.0 Å². The second-order valence-electron chi connectivity index (χ2n) is 6.61. The predicted molar refractivity (Wildman–Crippen MR) is 103 cm³/mol. The minimum absolute atomic E-state index is 0.0113. The summed E-state index contributed by atoms with van der Waals surface area (Å²) in [5.41, 5.74) is 6.63. The molecule has 6 nitrogen and oxygen atoms in total. The Morgan fingerprint density at radius 3 is 2.65 bits per heavy atom. The largest absolute Gasteiger partial charge is 0.331 e. The second-order valence-corrected chi connectivity index (χ2v) is 7.42. The third-order valence-electron chi connectivity index (χ3n) is 4.75. The number of hydrogen-bond acceptors (Lipinski definition) is 4. The van der Waals surface area contributed by atoms with Crippen LogP contribution in [0.3, 0.4) is 0 Å². The summed E-state index contributed by atoms with van der Waals surface area (Å²) in [5, 5.41) is 5.37. The van der Waals surface area contributed by atoms with E-state index in [1.54, 1.807) is 22.9 Å². The normalized spacial score (nSPS) is 18.8. The van der Waals surface area contributed by atoms with E-state index < -0.39 is 0 Å². The van der Waals surface area contributed by atoms with Gasteiger partial charge in [0.05, 0.1) is 10.0 Å². The molecular formula is C18H23Cl2N5O. The summed E-state index contributed by atoms with van der Waals surface area (Å²) < 4.78 is 1.57. The number of nitrogens with two attached hydrogens (primary N) is 1. The van der Waals surface area contributed by atoms with Crippen LogP contribution in [-0.2, 0) is 6.42 Å². The van der Waals surface area contributed by atoms with Crippen molar-refractivity contribution < 1.29 is 4.79 Å². The van der Waals surface area contributed by atoms with Crippen molar-refractivity contribution in [2.24, 2.45) is 5.73 Å². The van der Waals surface area contributed by atoms with Crippen LogP contribution >= 0.6 is 23.2 Å². The molecule has 26 heavy (non-hydrogen) atoms. The lowest BCUT2D eigenvalue weighted by Gasteiger charge is -2.37.